The molecular weight excluding hydrogens is 278 g/mol. The van der Waals surface area contributed by atoms with Gasteiger partial charge < -0.3 is 4.42 Å². The fraction of sp³-hybridized carbons (Fsp3) is 0.357. The third-order valence-corrected chi connectivity index (χ3v) is 5.49. The number of benzene rings is 1. The summed E-state index contributed by atoms with van der Waals surface area (Å²) < 4.78 is 32.0. The van der Waals surface area contributed by atoms with Crippen LogP contribution in [0, 0.1) is 0 Å². The van der Waals surface area contributed by atoms with Crippen LogP contribution in [0.25, 0.3) is 11.0 Å². The fourth-order valence-electron chi connectivity index (χ4n) is 2.58. The predicted octanol–water partition coefficient (Wildman–Crippen LogP) is 2.48. The summed E-state index contributed by atoms with van der Waals surface area (Å²) in [6, 6.07) is 7.82. The smallest absolute Gasteiger partial charge is 0.336 e. The highest BCUT2D eigenvalue weighted by Gasteiger charge is 2.28. The molecule has 0 bridgehead atoms. The lowest BCUT2D eigenvalue weighted by Gasteiger charge is -2.13. The van der Waals surface area contributed by atoms with Crippen LogP contribution in [0.15, 0.2) is 39.5 Å². The van der Waals surface area contributed by atoms with Crippen molar-refractivity contribution in [3.8, 4) is 0 Å². The minimum Gasteiger partial charge on any atom is -0.423 e. The predicted molar refractivity (Wildman–Crippen MR) is 77.3 cm³/mol. The second-order valence-corrected chi connectivity index (χ2v) is 7.02. The Kier molecular flexibility index (Phi) is 3.25. The monoisotopic (exact) mass is 293 g/mol. The minimum atomic E-state index is -3.33. The van der Waals surface area contributed by atoms with Gasteiger partial charge in [-0.25, -0.2) is 13.2 Å². The van der Waals surface area contributed by atoms with Crippen LogP contribution in [0.5, 0.6) is 0 Å². The zero-order valence-electron chi connectivity index (χ0n) is 10.8. The maximum atomic E-state index is 12.2. The summed E-state index contributed by atoms with van der Waals surface area (Å²) in [6.07, 6.45) is 3.37. The first kappa shape index (κ1) is 13.2. The summed E-state index contributed by atoms with van der Waals surface area (Å²) in [4.78, 5) is 11.1. The second-order valence-electron chi connectivity index (χ2n) is 5.06. The van der Waals surface area contributed by atoms with Crippen LogP contribution < -0.4 is 10.3 Å². The quantitative estimate of drug-likeness (QED) is 0.882. The summed E-state index contributed by atoms with van der Waals surface area (Å²) >= 11 is 0. The molecule has 0 radical (unpaired) electrons. The first-order chi connectivity index (χ1) is 9.54. The van der Waals surface area contributed by atoms with Crippen molar-refractivity contribution in [3.05, 3.63) is 40.8 Å². The van der Waals surface area contributed by atoms with Crippen molar-refractivity contribution in [1.29, 1.82) is 0 Å². The topological polar surface area (TPSA) is 76.4 Å². The van der Waals surface area contributed by atoms with E-state index < -0.39 is 15.6 Å². The number of hydrogen-bond donors (Lipinski definition) is 1. The zero-order valence-corrected chi connectivity index (χ0v) is 11.7. The van der Waals surface area contributed by atoms with Gasteiger partial charge in [0, 0.05) is 17.1 Å². The fourth-order valence-corrected chi connectivity index (χ4v) is 4.16. The molecule has 5 nitrogen and oxygen atoms in total. The second kappa shape index (κ2) is 4.94. The van der Waals surface area contributed by atoms with Gasteiger partial charge in [-0.3, -0.25) is 4.72 Å². The van der Waals surface area contributed by atoms with E-state index in [-0.39, 0.29) is 5.25 Å². The summed E-state index contributed by atoms with van der Waals surface area (Å²) in [5.41, 5.74) is 0.524. The number of sulfonamides is 1. The Morgan fingerprint density at radius 2 is 1.85 bits per heavy atom. The van der Waals surface area contributed by atoms with E-state index in [1.807, 2.05) is 0 Å². The Labute approximate surface area is 116 Å². The van der Waals surface area contributed by atoms with Gasteiger partial charge in [-0.2, -0.15) is 0 Å². The van der Waals surface area contributed by atoms with E-state index in [1.54, 1.807) is 24.3 Å². The molecule has 1 aromatic heterocycles. The molecule has 3 rings (SSSR count). The lowest BCUT2D eigenvalue weighted by Crippen LogP contribution is -2.25. The molecule has 20 heavy (non-hydrogen) atoms. The lowest BCUT2D eigenvalue weighted by atomic mass is 10.2. The van der Waals surface area contributed by atoms with Gasteiger partial charge in [-0.15, -0.1) is 0 Å². The van der Waals surface area contributed by atoms with Gasteiger partial charge in [0.15, 0.2) is 0 Å². The van der Waals surface area contributed by atoms with Crippen LogP contribution in [0.3, 0.4) is 0 Å². The standard InChI is InChI=1S/C14H15NO4S/c16-14-8-5-10-9-11(6-7-13(10)19-14)15-20(17,18)12-3-1-2-4-12/h5-9,12,15H,1-4H2. The van der Waals surface area contributed by atoms with Crippen molar-refractivity contribution in [2.45, 2.75) is 30.9 Å². The SMILES string of the molecule is O=c1ccc2cc(NS(=O)(=O)C3CCCC3)ccc2o1. The van der Waals surface area contributed by atoms with Crippen molar-refractivity contribution in [1.82, 2.24) is 0 Å². The van der Waals surface area contributed by atoms with Crippen LogP contribution in [-0.2, 0) is 10.0 Å². The molecule has 0 amide bonds. The Morgan fingerprint density at radius 1 is 1.10 bits per heavy atom. The first-order valence-corrected chi connectivity index (χ1v) is 8.15. The lowest BCUT2D eigenvalue weighted by molar-refractivity contribution is 0.561. The van der Waals surface area contributed by atoms with Crippen LogP contribution in [-0.4, -0.2) is 13.7 Å². The molecule has 0 spiro atoms. The van der Waals surface area contributed by atoms with E-state index in [0.717, 1.165) is 25.7 Å². The number of fused-ring (bicyclic) bond motifs is 1. The molecule has 1 N–H and O–H groups in total. The summed E-state index contributed by atoms with van der Waals surface area (Å²) in [7, 11) is -3.33. The molecule has 2 aromatic rings. The van der Waals surface area contributed by atoms with E-state index in [0.29, 0.717) is 16.7 Å². The maximum absolute atomic E-state index is 12.2. The molecule has 0 saturated heterocycles. The van der Waals surface area contributed by atoms with E-state index in [9.17, 15) is 13.2 Å². The van der Waals surface area contributed by atoms with Crippen LogP contribution in [0.2, 0.25) is 0 Å². The van der Waals surface area contributed by atoms with Gasteiger partial charge >= 0.3 is 5.63 Å². The molecular formula is C14H15NO4S. The van der Waals surface area contributed by atoms with Gasteiger partial charge in [0.2, 0.25) is 10.0 Å². The Bertz CT molecular complexity index is 788. The normalized spacial score (nSPS) is 16.6. The van der Waals surface area contributed by atoms with Gasteiger partial charge in [-0.1, -0.05) is 12.8 Å². The number of anilines is 1. The average Bonchev–Trinajstić information content (AvgIpc) is 2.93. The summed E-state index contributed by atoms with van der Waals surface area (Å²) in [5, 5.41) is 0.392. The van der Waals surface area contributed by atoms with Crippen molar-refractivity contribution in [2.75, 3.05) is 4.72 Å². The number of hydrogen-bond acceptors (Lipinski definition) is 4. The van der Waals surface area contributed by atoms with Crippen LogP contribution in [0.1, 0.15) is 25.7 Å². The maximum Gasteiger partial charge on any atom is 0.336 e. The van der Waals surface area contributed by atoms with Gasteiger partial charge in [-0.05, 0) is 37.1 Å². The average molecular weight is 293 g/mol. The molecule has 1 aliphatic carbocycles. The number of nitrogens with one attached hydrogen (secondary N) is 1. The van der Waals surface area contributed by atoms with Crippen molar-refractivity contribution >= 4 is 26.7 Å². The van der Waals surface area contributed by atoms with E-state index >= 15 is 0 Å². The molecule has 0 unspecified atom stereocenters. The molecule has 1 fully saturated rings. The van der Waals surface area contributed by atoms with Gasteiger partial charge in [0.05, 0.1) is 5.25 Å². The van der Waals surface area contributed by atoms with Crippen molar-refractivity contribution in [3.63, 3.8) is 0 Å². The third kappa shape index (κ3) is 2.56. The van der Waals surface area contributed by atoms with Crippen molar-refractivity contribution in [2.24, 2.45) is 0 Å². The molecule has 1 aromatic carbocycles. The highest BCUT2D eigenvalue weighted by atomic mass is 32.2. The first-order valence-electron chi connectivity index (χ1n) is 6.60. The summed E-state index contributed by atoms with van der Waals surface area (Å²) in [5.74, 6) is 0. The number of rotatable bonds is 3. The minimum absolute atomic E-state index is 0.299. The van der Waals surface area contributed by atoms with Gasteiger partial charge in [0.1, 0.15) is 5.58 Å². The Hall–Kier alpha value is -1.82. The largest absolute Gasteiger partial charge is 0.423 e. The van der Waals surface area contributed by atoms with E-state index in [4.69, 9.17) is 4.42 Å². The Balaban J connectivity index is 1.91. The van der Waals surface area contributed by atoms with Gasteiger partial charge in [0.25, 0.3) is 0 Å². The summed E-state index contributed by atoms with van der Waals surface area (Å²) in [6.45, 7) is 0. The molecule has 0 aliphatic heterocycles. The van der Waals surface area contributed by atoms with Crippen LogP contribution >= 0.6 is 0 Å². The van der Waals surface area contributed by atoms with E-state index in [1.165, 1.54) is 6.07 Å². The molecule has 1 heterocycles. The Morgan fingerprint density at radius 3 is 2.60 bits per heavy atom. The zero-order chi connectivity index (χ0) is 14.2. The highest BCUT2D eigenvalue weighted by molar-refractivity contribution is 7.93. The van der Waals surface area contributed by atoms with Crippen LogP contribution in [0.4, 0.5) is 5.69 Å². The highest BCUT2D eigenvalue weighted by Crippen LogP contribution is 2.27. The molecule has 106 valence electrons. The molecule has 1 saturated carbocycles. The van der Waals surface area contributed by atoms with E-state index in [2.05, 4.69) is 4.72 Å². The molecule has 1 aliphatic rings. The molecule has 0 atom stereocenters. The molecule has 6 heteroatoms. The van der Waals surface area contributed by atoms with Crippen molar-refractivity contribution < 1.29 is 12.8 Å². The third-order valence-electron chi connectivity index (χ3n) is 3.62.